The molecule has 0 saturated heterocycles. The average Bonchev–Trinajstić information content (AvgIpc) is 3.09. The normalized spacial score (nSPS) is 16.0. The Hall–Kier alpha value is -3.14. The van der Waals surface area contributed by atoms with Gasteiger partial charge >= 0.3 is 5.97 Å². The molecule has 0 radical (unpaired) electrons. The maximum absolute atomic E-state index is 12.7. The van der Waals surface area contributed by atoms with Gasteiger partial charge in [0.05, 0.1) is 19.3 Å². The lowest BCUT2D eigenvalue weighted by Gasteiger charge is -2.27. The Bertz CT molecular complexity index is 847. The standard InChI is InChI=1S/C16H19N5O5/c1-9-13(15(23)26-7-6-24-2)14(21-16(17-9)18-19-20-21)10-4-5-11(22)12(8-10)25-3/h4-5,8,14,22H,6-7H2,1-3H3,(H,17,18,20)/t14-/m0/s1. The zero-order valence-corrected chi connectivity index (χ0v) is 14.6. The minimum absolute atomic E-state index is 0.00736. The van der Waals surface area contributed by atoms with Crippen LogP contribution in [0.4, 0.5) is 5.95 Å². The highest BCUT2D eigenvalue weighted by Crippen LogP contribution is 2.38. The number of phenolic OH excluding ortho intramolecular Hbond substituents is 1. The second-order valence-corrected chi connectivity index (χ2v) is 5.57. The Morgan fingerprint density at radius 1 is 1.35 bits per heavy atom. The fourth-order valence-electron chi connectivity index (χ4n) is 2.74. The third-order valence-electron chi connectivity index (χ3n) is 3.97. The Labute approximate surface area is 149 Å². The van der Waals surface area contributed by atoms with Crippen LogP contribution in [0, 0.1) is 0 Å². The molecule has 1 aliphatic rings. The van der Waals surface area contributed by atoms with E-state index in [0.717, 1.165) is 0 Å². The van der Waals surface area contributed by atoms with Gasteiger partial charge in [0, 0.05) is 12.8 Å². The molecule has 10 heteroatoms. The van der Waals surface area contributed by atoms with E-state index in [1.54, 1.807) is 19.1 Å². The summed E-state index contributed by atoms with van der Waals surface area (Å²) in [6.45, 7) is 2.16. The van der Waals surface area contributed by atoms with Crippen molar-refractivity contribution in [2.75, 3.05) is 32.8 Å². The van der Waals surface area contributed by atoms with Crippen molar-refractivity contribution in [3.8, 4) is 11.5 Å². The number of rotatable bonds is 6. The lowest BCUT2D eigenvalue weighted by atomic mass is 9.95. The molecule has 0 bridgehead atoms. The number of hydrogen-bond acceptors (Lipinski definition) is 9. The Balaban J connectivity index is 2.04. The van der Waals surface area contributed by atoms with Crippen LogP contribution in [-0.2, 0) is 14.3 Å². The SMILES string of the molecule is COCCOC(=O)C1=C(C)Nc2nnnn2[C@H]1c1ccc(O)c(OC)c1. The summed E-state index contributed by atoms with van der Waals surface area (Å²) in [5.41, 5.74) is 1.59. The van der Waals surface area contributed by atoms with Gasteiger partial charge in [-0.3, -0.25) is 0 Å². The zero-order chi connectivity index (χ0) is 18.7. The molecule has 26 heavy (non-hydrogen) atoms. The first-order valence-electron chi connectivity index (χ1n) is 7.85. The van der Waals surface area contributed by atoms with E-state index in [-0.39, 0.29) is 18.1 Å². The summed E-state index contributed by atoms with van der Waals surface area (Å²) in [5.74, 6) is 0.158. The van der Waals surface area contributed by atoms with E-state index in [1.807, 2.05) is 0 Å². The predicted molar refractivity (Wildman–Crippen MR) is 89.8 cm³/mol. The van der Waals surface area contributed by atoms with E-state index < -0.39 is 12.0 Å². The van der Waals surface area contributed by atoms with Crippen LogP contribution in [0.25, 0.3) is 0 Å². The van der Waals surface area contributed by atoms with Crippen molar-refractivity contribution in [3.63, 3.8) is 0 Å². The van der Waals surface area contributed by atoms with Crippen molar-refractivity contribution in [2.24, 2.45) is 0 Å². The highest BCUT2D eigenvalue weighted by Gasteiger charge is 2.35. The molecule has 138 valence electrons. The van der Waals surface area contributed by atoms with Gasteiger partial charge < -0.3 is 24.6 Å². The topological polar surface area (TPSA) is 121 Å². The first-order chi connectivity index (χ1) is 12.6. The van der Waals surface area contributed by atoms with Crippen molar-refractivity contribution >= 4 is 11.9 Å². The van der Waals surface area contributed by atoms with Gasteiger partial charge in [-0.1, -0.05) is 11.2 Å². The van der Waals surface area contributed by atoms with E-state index in [9.17, 15) is 9.90 Å². The molecule has 0 aliphatic carbocycles. The molecule has 0 saturated carbocycles. The summed E-state index contributed by atoms with van der Waals surface area (Å²) < 4.78 is 16.9. The maximum atomic E-state index is 12.7. The van der Waals surface area contributed by atoms with Crippen LogP contribution in [0.1, 0.15) is 18.5 Å². The number of allylic oxidation sites excluding steroid dienone is 1. The largest absolute Gasteiger partial charge is 0.504 e. The van der Waals surface area contributed by atoms with Gasteiger partial charge in [0.15, 0.2) is 11.5 Å². The molecule has 2 aromatic rings. The summed E-state index contributed by atoms with van der Waals surface area (Å²) >= 11 is 0. The number of aromatic hydroxyl groups is 1. The van der Waals surface area contributed by atoms with Crippen LogP contribution in [0.2, 0.25) is 0 Å². The summed E-state index contributed by atoms with van der Waals surface area (Å²) in [4.78, 5) is 12.7. The number of aromatic nitrogens is 4. The number of fused-ring (bicyclic) bond motifs is 1. The summed E-state index contributed by atoms with van der Waals surface area (Å²) in [5, 5.41) is 24.4. The van der Waals surface area contributed by atoms with Crippen LogP contribution in [-0.4, -0.2) is 58.7 Å². The Morgan fingerprint density at radius 3 is 2.88 bits per heavy atom. The van der Waals surface area contributed by atoms with Gasteiger partial charge in [0.25, 0.3) is 0 Å². The average molecular weight is 361 g/mol. The molecule has 2 heterocycles. The van der Waals surface area contributed by atoms with Gasteiger partial charge in [-0.25, -0.2) is 4.79 Å². The highest BCUT2D eigenvalue weighted by atomic mass is 16.6. The fourth-order valence-corrected chi connectivity index (χ4v) is 2.74. The quantitative estimate of drug-likeness (QED) is 0.570. The molecular formula is C16H19N5O5. The number of hydrogen-bond donors (Lipinski definition) is 2. The van der Waals surface area contributed by atoms with Gasteiger partial charge in [-0.15, -0.1) is 0 Å². The Kier molecular flexibility index (Phi) is 5.03. The minimum Gasteiger partial charge on any atom is -0.504 e. The molecule has 0 unspecified atom stereocenters. The van der Waals surface area contributed by atoms with Gasteiger partial charge in [0.1, 0.15) is 12.6 Å². The highest BCUT2D eigenvalue weighted by molar-refractivity contribution is 5.92. The molecule has 0 fully saturated rings. The van der Waals surface area contributed by atoms with E-state index >= 15 is 0 Å². The van der Waals surface area contributed by atoms with Crippen LogP contribution in [0.5, 0.6) is 11.5 Å². The van der Waals surface area contributed by atoms with Gasteiger partial charge in [-0.2, -0.15) is 4.68 Å². The van der Waals surface area contributed by atoms with Gasteiger partial charge in [-0.05, 0) is 35.0 Å². The van der Waals surface area contributed by atoms with Gasteiger partial charge in [0.2, 0.25) is 5.95 Å². The molecule has 1 aromatic carbocycles. The van der Waals surface area contributed by atoms with Crippen molar-refractivity contribution in [1.29, 1.82) is 0 Å². The lowest BCUT2D eigenvalue weighted by Crippen LogP contribution is -2.30. The number of tetrazole rings is 1. The number of esters is 1. The zero-order valence-electron chi connectivity index (χ0n) is 14.6. The number of nitrogens with zero attached hydrogens (tertiary/aromatic N) is 4. The molecule has 0 amide bonds. The molecule has 1 atom stereocenters. The third-order valence-corrected chi connectivity index (χ3v) is 3.97. The third kappa shape index (κ3) is 3.18. The maximum Gasteiger partial charge on any atom is 0.338 e. The number of ether oxygens (including phenoxy) is 3. The number of phenols is 1. The van der Waals surface area contributed by atoms with Crippen LogP contribution < -0.4 is 10.1 Å². The number of benzene rings is 1. The minimum atomic E-state index is -0.634. The number of nitrogens with one attached hydrogen (secondary N) is 1. The number of carbonyl (C=O) groups is 1. The lowest BCUT2D eigenvalue weighted by molar-refractivity contribution is -0.140. The van der Waals surface area contributed by atoms with Crippen molar-refractivity contribution in [2.45, 2.75) is 13.0 Å². The van der Waals surface area contributed by atoms with Crippen molar-refractivity contribution < 1.29 is 24.1 Å². The molecular weight excluding hydrogens is 342 g/mol. The fraction of sp³-hybridized carbons (Fsp3) is 0.375. The van der Waals surface area contributed by atoms with Crippen LogP contribution in [0.15, 0.2) is 29.5 Å². The summed E-state index contributed by atoms with van der Waals surface area (Å²) in [7, 11) is 2.98. The number of anilines is 1. The molecule has 3 rings (SSSR count). The summed E-state index contributed by atoms with van der Waals surface area (Å²) in [6, 6.07) is 4.16. The van der Waals surface area contributed by atoms with E-state index in [4.69, 9.17) is 14.2 Å². The predicted octanol–water partition coefficient (Wildman–Crippen LogP) is 0.866. The van der Waals surface area contributed by atoms with E-state index in [2.05, 4.69) is 20.8 Å². The smallest absolute Gasteiger partial charge is 0.338 e. The second kappa shape index (κ2) is 7.40. The first kappa shape index (κ1) is 17.7. The molecule has 2 N–H and O–H groups in total. The van der Waals surface area contributed by atoms with E-state index in [0.29, 0.717) is 29.4 Å². The number of carbonyl (C=O) groups excluding carboxylic acids is 1. The summed E-state index contributed by atoms with van der Waals surface area (Å²) in [6.07, 6.45) is 0. The number of methoxy groups -OCH3 is 2. The molecule has 0 spiro atoms. The first-order valence-corrected chi connectivity index (χ1v) is 7.85. The molecule has 1 aromatic heterocycles. The van der Waals surface area contributed by atoms with Crippen molar-refractivity contribution in [3.05, 3.63) is 35.0 Å². The van der Waals surface area contributed by atoms with Crippen molar-refractivity contribution in [1.82, 2.24) is 20.2 Å². The van der Waals surface area contributed by atoms with Crippen LogP contribution in [0.3, 0.4) is 0 Å². The molecule has 10 nitrogen and oxygen atoms in total. The van der Waals surface area contributed by atoms with E-state index in [1.165, 1.54) is 25.0 Å². The Morgan fingerprint density at radius 2 is 2.15 bits per heavy atom. The van der Waals surface area contributed by atoms with Crippen LogP contribution >= 0.6 is 0 Å². The molecule has 1 aliphatic heterocycles. The monoisotopic (exact) mass is 361 g/mol. The second-order valence-electron chi connectivity index (χ2n) is 5.57.